The van der Waals surface area contributed by atoms with Gasteiger partial charge in [0.2, 0.25) is 0 Å². The Hall–Kier alpha value is -1.79. The van der Waals surface area contributed by atoms with Gasteiger partial charge in [0.15, 0.2) is 0 Å². The highest BCUT2D eigenvalue weighted by molar-refractivity contribution is 5.21. The summed E-state index contributed by atoms with van der Waals surface area (Å²) < 4.78 is 28.5. The largest absolute Gasteiger partial charge is 0.387 e. The van der Waals surface area contributed by atoms with E-state index in [0.29, 0.717) is 6.54 Å². The van der Waals surface area contributed by atoms with Crippen molar-refractivity contribution >= 4 is 0 Å². The number of benzene rings is 1. The molecule has 1 aliphatic heterocycles. The maximum absolute atomic E-state index is 13.8. The second-order valence-electron chi connectivity index (χ2n) is 5.78. The quantitative estimate of drug-likeness (QED) is 0.944. The highest BCUT2D eigenvalue weighted by Gasteiger charge is 2.29. The van der Waals surface area contributed by atoms with E-state index in [1.807, 2.05) is 19.4 Å². The van der Waals surface area contributed by atoms with Gasteiger partial charge in [0.05, 0.1) is 12.3 Å². The fraction of sp³-hybridized carbons (Fsp3) is 0.438. The lowest BCUT2D eigenvalue weighted by molar-refractivity contribution is 0.103. The maximum atomic E-state index is 13.8. The number of β-amino-alcohol motifs (C(OH)–C–C–N with tert-alkyl or cyclic N) is 1. The van der Waals surface area contributed by atoms with Gasteiger partial charge in [-0.2, -0.15) is 5.10 Å². The minimum Gasteiger partial charge on any atom is -0.387 e. The van der Waals surface area contributed by atoms with Crippen LogP contribution in [-0.2, 0) is 7.05 Å². The molecule has 0 spiro atoms. The van der Waals surface area contributed by atoms with Crippen LogP contribution in [-0.4, -0.2) is 32.9 Å². The Balaban J connectivity index is 1.73. The molecule has 0 saturated carbocycles. The number of aryl methyl sites for hydroxylation is 1. The molecule has 0 amide bonds. The minimum absolute atomic E-state index is 0.137. The lowest BCUT2D eigenvalue weighted by Crippen LogP contribution is -2.28. The molecule has 1 aromatic carbocycles. The SMILES string of the molecule is Cn1cc([C@H]2CCCN2C[C@H](O)c2ccc(F)cc2F)cn1. The topological polar surface area (TPSA) is 41.3 Å². The lowest BCUT2D eigenvalue weighted by atomic mass is 10.1. The van der Waals surface area contributed by atoms with Gasteiger partial charge in [0, 0.05) is 43.0 Å². The zero-order valence-corrected chi connectivity index (χ0v) is 12.4. The van der Waals surface area contributed by atoms with Gasteiger partial charge >= 0.3 is 0 Å². The Labute approximate surface area is 128 Å². The standard InChI is InChI=1S/C16H19F2N3O/c1-20-9-11(8-19-20)15-3-2-6-21(15)10-16(22)13-5-4-12(17)7-14(13)18/h4-5,7-9,15-16,22H,2-3,6,10H2,1H3/t15-,16+/m1/s1. The Kier molecular flexibility index (Phi) is 4.22. The van der Waals surface area contributed by atoms with Gasteiger partial charge in [-0.1, -0.05) is 6.07 Å². The summed E-state index contributed by atoms with van der Waals surface area (Å²) in [6.07, 6.45) is 4.84. The van der Waals surface area contributed by atoms with E-state index < -0.39 is 17.7 Å². The van der Waals surface area contributed by atoms with Crippen LogP contribution in [0.15, 0.2) is 30.6 Å². The Bertz CT molecular complexity index is 659. The van der Waals surface area contributed by atoms with Crippen LogP contribution in [0.5, 0.6) is 0 Å². The van der Waals surface area contributed by atoms with Gasteiger partial charge in [-0.3, -0.25) is 9.58 Å². The second kappa shape index (κ2) is 6.14. The third-order valence-electron chi connectivity index (χ3n) is 4.20. The number of aromatic nitrogens is 2. The minimum atomic E-state index is -0.974. The lowest BCUT2D eigenvalue weighted by Gasteiger charge is -2.26. The summed E-state index contributed by atoms with van der Waals surface area (Å²) in [6, 6.07) is 3.47. The first-order valence-corrected chi connectivity index (χ1v) is 7.40. The third-order valence-corrected chi connectivity index (χ3v) is 4.20. The van der Waals surface area contributed by atoms with E-state index in [4.69, 9.17) is 0 Å². The van der Waals surface area contributed by atoms with Crippen molar-refractivity contribution in [1.29, 1.82) is 0 Å². The van der Waals surface area contributed by atoms with Crippen LogP contribution < -0.4 is 0 Å². The van der Waals surface area contributed by atoms with Crippen LogP contribution in [0, 0.1) is 11.6 Å². The average Bonchev–Trinajstić information content (AvgIpc) is 3.07. The number of hydrogen-bond donors (Lipinski definition) is 1. The number of hydrogen-bond acceptors (Lipinski definition) is 3. The molecule has 2 atom stereocenters. The molecule has 0 bridgehead atoms. The first kappa shape index (κ1) is 15.1. The molecule has 1 aromatic heterocycles. The number of nitrogens with zero attached hydrogens (tertiary/aromatic N) is 3. The van der Waals surface area contributed by atoms with Crippen molar-refractivity contribution in [3.05, 3.63) is 53.4 Å². The highest BCUT2D eigenvalue weighted by atomic mass is 19.1. The van der Waals surface area contributed by atoms with E-state index in [1.165, 1.54) is 12.1 Å². The smallest absolute Gasteiger partial charge is 0.131 e. The molecule has 2 heterocycles. The molecular formula is C16H19F2N3O. The summed E-state index contributed by atoms with van der Waals surface area (Å²) in [6.45, 7) is 1.17. The van der Waals surface area contributed by atoms with E-state index in [1.54, 1.807) is 4.68 Å². The van der Waals surface area contributed by atoms with Crippen molar-refractivity contribution in [2.24, 2.45) is 7.05 Å². The number of aliphatic hydroxyl groups excluding tert-OH is 1. The van der Waals surface area contributed by atoms with Crippen molar-refractivity contribution in [2.75, 3.05) is 13.1 Å². The fourth-order valence-electron chi connectivity index (χ4n) is 3.13. The first-order chi connectivity index (χ1) is 10.5. The van der Waals surface area contributed by atoms with Gasteiger partial charge in [0.25, 0.3) is 0 Å². The van der Waals surface area contributed by atoms with Crippen LogP contribution in [0.25, 0.3) is 0 Å². The molecular weight excluding hydrogens is 288 g/mol. The summed E-state index contributed by atoms with van der Waals surface area (Å²) in [5.41, 5.74) is 1.24. The molecule has 3 rings (SSSR count). The number of aliphatic hydroxyl groups is 1. The summed E-state index contributed by atoms with van der Waals surface area (Å²) in [5.74, 6) is -1.34. The van der Waals surface area contributed by atoms with E-state index in [2.05, 4.69) is 10.00 Å². The third kappa shape index (κ3) is 3.03. The Morgan fingerprint density at radius 3 is 2.91 bits per heavy atom. The molecule has 1 aliphatic rings. The Morgan fingerprint density at radius 1 is 1.41 bits per heavy atom. The van der Waals surface area contributed by atoms with Crippen molar-refractivity contribution in [3.8, 4) is 0 Å². The van der Waals surface area contributed by atoms with Crippen molar-refractivity contribution in [1.82, 2.24) is 14.7 Å². The van der Waals surface area contributed by atoms with E-state index in [0.717, 1.165) is 31.0 Å². The number of likely N-dealkylation sites (tertiary alicyclic amines) is 1. The average molecular weight is 307 g/mol. The molecule has 0 unspecified atom stereocenters. The molecule has 2 aromatic rings. The molecule has 4 nitrogen and oxygen atoms in total. The molecule has 1 saturated heterocycles. The van der Waals surface area contributed by atoms with E-state index >= 15 is 0 Å². The van der Waals surface area contributed by atoms with Gasteiger partial charge < -0.3 is 5.11 Å². The number of halogens is 2. The van der Waals surface area contributed by atoms with E-state index in [9.17, 15) is 13.9 Å². The summed E-state index contributed by atoms with van der Waals surface area (Å²) in [7, 11) is 1.87. The van der Waals surface area contributed by atoms with E-state index in [-0.39, 0.29) is 11.6 Å². The summed E-state index contributed by atoms with van der Waals surface area (Å²) >= 11 is 0. The zero-order chi connectivity index (χ0) is 15.7. The predicted molar refractivity (Wildman–Crippen MR) is 78.1 cm³/mol. The van der Waals surface area contributed by atoms with Crippen LogP contribution in [0.1, 0.15) is 36.1 Å². The highest BCUT2D eigenvalue weighted by Crippen LogP contribution is 2.33. The molecule has 1 N–H and O–H groups in total. The molecule has 1 fully saturated rings. The molecule has 118 valence electrons. The van der Waals surface area contributed by atoms with Gasteiger partial charge in [-0.05, 0) is 25.5 Å². The summed E-state index contributed by atoms with van der Waals surface area (Å²) in [5, 5.41) is 14.5. The predicted octanol–water partition coefficient (Wildman–Crippen LogP) is 2.57. The molecule has 0 aliphatic carbocycles. The number of rotatable bonds is 4. The normalized spacial score (nSPS) is 20.5. The van der Waals surface area contributed by atoms with Crippen molar-refractivity contribution in [3.63, 3.8) is 0 Å². The fourth-order valence-corrected chi connectivity index (χ4v) is 3.13. The van der Waals surface area contributed by atoms with Crippen LogP contribution >= 0.6 is 0 Å². The van der Waals surface area contributed by atoms with Crippen LogP contribution in [0.2, 0.25) is 0 Å². The zero-order valence-electron chi connectivity index (χ0n) is 12.4. The van der Waals surface area contributed by atoms with Gasteiger partial charge in [-0.15, -0.1) is 0 Å². The van der Waals surface area contributed by atoms with Gasteiger partial charge in [0.1, 0.15) is 11.6 Å². The molecule has 6 heteroatoms. The maximum Gasteiger partial charge on any atom is 0.131 e. The van der Waals surface area contributed by atoms with Crippen molar-refractivity contribution < 1.29 is 13.9 Å². The second-order valence-corrected chi connectivity index (χ2v) is 5.78. The summed E-state index contributed by atoms with van der Waals surface area (Å²) in [4.78, 5) is 2.13. The Morgan fingerprint density at radius 2 is 2.23 bits per heavy atom. The first-order valence-electron chi connectivity index (χ1n) is 7.40. The van der Waals surface area contributed by atoms with Crippen molar-refractivity contribution in [2.45, 2.75) is 25.0 Å². The van der Waals surface area contributed by atoms with Crippen LogP contribution in [0.4, 0.5) is 8.78 Å². The monoisotopic (exact) mass is 307 g/mol. The van der Waals surface area contributed by atoms with Gasteiger partial charge in [-0.25, -0.2) is 8.78 Å². The molecule has 0 radical (unpaired) electrons. The molecule has 22 heavy (non-hydrogen) atoms. The van der Waals surface area contributed by atoms with Crippen LogP contribution in [0.3, 0.4) is 0 Å².